The standard InChI is InChI=1S/C16H23FN2O/c1-3-19(11-13-7-9-18-10-8-13)16(20)14-6-4-5-12(2)15(14)17/h4-6,13,18H,3,7-11H2,1-2H3. The number of nitrogens with zero attached hydrogens (tertiary/aromatic N) is 1. The van der Waals surface area contributed by atoms with E-state index in [1.54, 1.807) is 30.0 Å². The maximum Gasteiger partial charge on any atom is 0.256 e. The molecule has 1 N–H and O–H groups in total. The van der Waals surface area contributed by atoms with Crippen LogP contribution in [0.2, 0.25) is 0 Å². The zero-order valence-electron chi connectivity index (χ0n) is 12.3. The third-order valence-electron chi connectivity index (χ3n) is 4.03. The third kappa shape index (κ3) is 3.37. The summed E-state index contributed by atoms with van der Waals surface area (Å²) >= 11 is 0. The molecule has 1 heterocycles. The van der Waals surface area contributed by atoms with E-state index in [4.69, 9.17) is 0 Å². The largest absolute Gasteiger partial charge is 0.339 e. The first-order valence-corrected chi connectivity index (χ1v) is 7.38. The Morgan fingerprint density at radius 2 is 2.10 bits per heavy atom. The first kappa shape index (κ1) is 15.0. The number of rotatable bonds is 4. The fraction of sp³-hybridized carbons (Fsp3) is 0.562. The highest BCUT2D eigenvalue weighted by molar-refractivity contribution is 5.94. The van der Waals surface area contributed by atoms with E-state index in [1.807, 2.05) is 6.92 Å². The lowest BCUT2D eigenvalue weighted by atomic mass is 9.97. The Kier molecular flexibility index (Phi) is 5.12. The van der Waals surface area contributed by atoms with Gasteiger partial charge in [0.05, 0.1) is 5.56 Å². The second-order valence-corrected chi connectivity index (χ2v) is 5.47. The van der Waals surface area contributed by atoms with Gasteiger partial charge in [0.1, 0.15) is 5.82 Å². The molecule has 0 spiro atoms. The van der Waals surface area contributed by atoms with Gasteiger partial charge in [-0.25, -0.2) is 4.39 Å². The number of benzene rings is 1. The van der Waals surface area contributed by atoms with Crippen LogP contribution in [0.1, 0.15) is 35.7 Å². The average molecular weight is 278 g/mol. The second-order valence-electron chi connectivity index (χ2n) is 5.47. The van der Waals surface area contributed by atoms with Crippen LogP contribution in [0.15, 0.2) is 18.2 Å². The van der Waals surface area contributed by atoms with Gasteiger partial charge in [-0.2, -0.15) is 0 Å². The van der Waals surface area contributed by atoms with Gasteiger partial charge in [-0.3, -0.25) is 4.79 Å². The molecule has 1 aliphatic rings. The number of hydrogen-bond acceptors (Lipinski definition) is 2. The smallest absolute Gasteiger partial charge is 0.256 e. The number of piperidine rings is 1. The molecule has 0 atom stereocenters. The fourth-order valence-electron chi connectivity index (χ4n) is 2.71. The summed E-state index contributed by atoms with van der Waals surface area (Å²) in [6.45, 7) is 7.01. The predicted molar refractivity (Wildman–Crippen MR) is 78.3 cm³/mol. The van der Waals surface area contributed by atoms with Crippen LogP contribution < -0.4 is 5.32 Å². The van der Waals surface area contributed by atoms with E-state index in [9.17, 15) is 9.18 Å². The fourth-order valence-corrected chi connectivity index (χ4v) is 2.71. The first-order chi connectivity index (χ1) is 9.63. The number of aryl methyl sites for hydroxylation is 1. The molecule has 0 bridgehead atoms. The lowest BCUT2D eigenvalue weighted by molar-refractivity contribution is 0.0722. The molecule has 1 saturated heterocycles. The number of nitrogens with one attached hydrogen (secondary N) is 1. The van der Waals surface area contributed by atoms with Crippen molar-refractivity contribution in [3.05, 3.63) is 35.1 Å². The Morgan fingerprint density at radius 3 is 2.75 bits per heavy atom. The second kappa shape index (κ2) is 6.84. The number of halogens is 1. The highest BCUT2D eigenvalue weighted by Crippen LogP contribution is 2.18. The van der Waals surface area contributed by atoms with E-state index >= 15 is 0 Å². The minimum absolute atomic E-state index is 0.188. The van der Waals surface area contributed by atoms with Crippen LogP contribution in [0.5, 0.6) is 0 Å². The Bertz CT molecular complexity index is 470. The molecular weight excluding hydrogens is 255 g/mol. The number of carbonyl (C=O) groups is 1. The van der Waals surface area contributed by atoms with Crippen molar-refractivity contribution < 1.29 is 9.18 Å². The quantitative estimate of drug-likeness (QED) is 0.918. The summed E-state index contributed by atoms with van der Waals surface area (Å²) in [4.78, 5) is 14.3. The van der Waals surface area contributed by atoms with Gasteiger partial charge in [0.25, 0.3) is 5.91 Å². The van der Waals surface area contributed by atoms with E-state index in [2.05, 4.69) is 5.32 Å². The predicted octanol–water partition coefficient (Wildman–Crippen LogP) is 2.60. The zero-order chi connectivity index (χ0) is 14.5. The van der Waals surface area contributed by atoms with Gasteiger partial charge in [0.2, 0.25) is 0 Å². The van der Waals surface area contributed by atoms with Crippen LogP contribution in [-0.2, 0) is 0 Å². The molecule has 0 aromatic heterocycles. The van der Waals surface area contributed by atoms with Gasteiger partial charge >= 0.3 is 0 Å². The molecule has 3 nitrogen and oxygen atoms in total. The van der Waals surface area contributed by atoms with Crippen molar-refractivity contribution >= 4 is 5.91 Å². The monoisotopic (exact) mass is 278 g/mol. The van der Waals surface area contributed by atoms with Crippen molar-refractivity contribution in [3.8, 4) is 0 Å². The van der Waals surface area contributed by atoms with E-state index in [1.165, 1.54) is 0 Å². The molecule has 1 amide bonds. The van der Waals surface area contributed by atoms with Crippen LogP contribution in [0.3, 0.4) is 0 Å². The molecule has 1 fully saturated rings. The normalized spacial score (nSPS) is 16.1. The van der Waals surface area contributed by atoms with Gasteiger partial charge in [-0.1, -0.05) is 12.1 Å². The minimum Gasteiger partial charge on any atom is -0.339 e. The molecule has 0 unspecified atom stereocenters. The number of hydrogen-bond donors (Lipinski definition) is 1. The van der Waals surface area contributed by atoms with Crippen molar-refractivity contribution in [2.24, 2.45) is 5.92 Å². The van der Waals surface area contributed by atoms with Crippen molar-refractivity contribution in [2.45, 2.75) is 26.7 Å². The Morgan fingerprint density at radius 1 is 1.40 bits per heavy atom. The topological polar surface area (TPSA) is 32.3 Å². The molecule has 110 valence electrons. The molecule has 0 aliphatic carbocycles. The molecule has 20 heavy (non-hydrogen) atoms. The average Bonchev–Trinajstić information content (AvgIpc) is 2.48. The van der Waals surface area contributed by atoms with Crippen LogP contribution in [0.25, 0.3) is 0 Å². The van der Waals surface area contributed by atoms with Crippen molar-refractivity contribution in [3.63, 3.8) is 0 Å². The summed E-state index contributed by atoms with van der Waals surface area (Å²) < 4.78 is 14.1. The SMILES string of the molecule is CCN(CC1CCNCC1)C(=O)c1cccc(C)c1F. The van der Waals surface area contributed by atoms with E-state index in [-0.39, 0.29) is 17.3 Å². The highest BCUT2D eigenvalue weighted by Gasteiger charge is 2.23. The Labute approximate surface area is 120 Å². The summed E-state index contributed by atoms with van der Waals surface area (Å²) in [6, 6.07) is 5.01. The molecule has 1 aromatic carbocycles. The van der Waals surface area contributed by atoms with Gasteiger partial charge in [0.15, 0.2) is 0 Å². The molecule has 1 aliphatic heterocycles. The third-order valence-corrected chi connectivity index (χ3v) is 4.03. The Hall–Kier alpha value is -1.42. The summed E-state index contributed by atoms with van der Waals surface area (Å²) in [5.74, 6) is -0.0542. The van der Waals surface area contributed by atoms with E-state index < -0.39 is 0 Å². The number of carbonyl (C=O) groups excluding carboxylic acids is 1. The van der Waals surface area contributed by atoms with Gasteiger partial charge in [-0.05, 0) is 57.3 Å². The summed E-state index contributed by atoms with van der Waals surface area (Å²) in [5, 5.41) is 3.32. The summed E-state index contributed by atoms with van der Waals surface area (Å²) in [5.41, 5.74) is 0.717. The number of amides is 1. The van der Waals surface area contributed by atoms with Gasteiger partial charge in [0, 0.05) is 13.1 Å². The van der Waals surface area contributed by atoms with Crippen molar-refractivity contribution in [1.29, 1.82) is 0 Å². The van der Waals surface area contributed by atoms with Gasteiger partial charge < -0.3 is 10.2 Å². The molecule has 2 rings (SSSR count). The van der Waals surface area contributed by atoms with Crippen molar-refractivity contribution in [2.75, 3.05) is 26.2 Å². The van der Waals surface area contributed by atoms with Gasteiger partial charge in [-0.15, -0.1) is 0 Å². The lowest BCUT2D eigenvalue weighted by Gasteiger charge is -2.29. The summed E-state index contributed by atoms with van der Waals surface area (Å²) in [7, 11) is 0. The lowest BCUT2D eigenvalue weighted by Crippen LogP contribution is -2.39. The maximum atomic E-state index is 14.1. The van der Waals surface area contributed by atoms with Crippen LogP contribution in [0.4, 0.5) is 4.39 Å². The molecule has 0 radical (unpaired) electrons. The van der Waals surface area contributed by atoms with E-state index in [0.717, 1.165) is 32.5 Å². The molecule has 0 saturated carbocycles. The van der Waals surface area contributed by atoms with Crippen LogP contribution >= 0.6 is 0 Å². The van der Waals surface area contributed by atoms with Crippen LogP contribution in [-0.4, -0.2) is 37.0 Å². The zero-order valence-corrected chi connectivity index (χ0v) is 12.3. The Balaban J connectivity index is 2.10. The first-order valence-electron chi connectivity index (χ1n) is 7.38. The summed E-state index contributed by atoms with van der Waals surface area (Å²) in [6.07, 6.45) is 2.17. The molecular formula is C16H23FN2O. The minimum atomic E-state index is -0.388. The molecule has 4 heteroatoms. The van der Waals surface area contributed by atoms with Crippen molar-refractivity contribution in [1.82, 2.24) is 10.2 Å². The molecule has 1 aromatic rings. The van der Waals surface area contributed by atoms with E-state index in [0.29, 0.717) is 18.0 Å². The highest BCUT2D eigenvalue weighted by atomic mass is 19.1. The van der Waals surface area contributed by atoms with Crippen LogP contribution in [0, 0.1) is 18.7 Å². The maximum absolute atomic E-state index is 14.1.